The molecule has 0 radical (unpaired) electrons. The van der Waals surface area contributed by atoms with Crippen LogP contribution >= 0.6 is 0 Å². The fourth-order valence-electron chi connectivity index (χ4n) is 5.40. The van der Waals surface area contributed by atoms with Crippen molar-refractivity contribution in [3.05, 3.63) is 132 Å². The normalized spacial score (nSPS) is 23.3. The number of hydrogen-bond acceptors (Lipinski definition) is 1. The fourth-order valence-corrected chi connectivity index (χ4v) is 5.40. The Morgan fingerprint density at radius 1 is 0.710 bits per heavy atom. The van der Waals surface area contributed by atoms with Crippen molar-refractivity contribution in [2.45, 2.75) is 18.3 Å². The molecular formula is C30H25N. The van der Waals surface area contributed by atoms with Crippen molar-refractivity contribution in [2.24, 2.45) is 5.92 Å². The van der Waals surface area contributed by atoms with E-state index in [-0.39, 0.29) is 0 Å². The van der Waals surface area contributed by atoms with E-state index in [0.29, 0.717) is 17.8 Å². The Labute approximate surface area is 183 Å². The van der Waals surface area contributed by atoms with Gasteiger partial charge in [-0.25, -0.2) is 0 Å². The maximum absolute atomic E-state index is 5.91. The van der Waals surface area contributed by atoms with Crippen molar-refractivity contribution >= 4 is 11.3 Å². The number of allylic oxidation sites excluding steroid dienone is 8. The summed E-state index contributed by atoms with van der Waals surface area (Å²) in [5.41, 5.74) is 16.4. The average Bonchev–Trinajstić information content (AvgIpc) is 2.84. The lowest BCUT2D eigenvalue weighted by molar-refractivity contribution is 0.650. The molecule has 2 N–H and O–H groups in total. The lowest BCUT2D eigenvalue weighted by Crippen LogP contribution is -2.22. The second-order valence-corrected chi connectivity index (χ2v) is 8.76. The monoisotopic (exact) mass is 399 g/mol. The van der Waals surface area contributed by atoms with E-state index in [1.807, 2.05) is 12.1 Å². The van der Waals surface area contributed by atoms with Gasteiger partial charge in [-0.15, -0.1) is 0 Å². The number of nitrogens with two attached hydrogens (primary N) is 1. The molecule has 0 fully saturated rings. The molecule has 31 heavy (non-hydrogen) atoms. The van der Waals surface area contributed by atoms with Crippen LogP contribution in [-0.2, 0) is 0 Å². The summed E-state index contributed by atoms with van der Waals surface area (Å²) >= 11 is 0. The van der Waals surface area contributed by atoms with E-state index in [4.69, 9.17) is 5.73 Å². The van der Waals surface area contributed by atoms with E-state index in [0.717, 1.165) is 12.1 Å². The molecule has 3 atom stereocenters. The van der Waals surface area contributed by atoms with Gasteiger partial charge >= 0.3 is 0 Å². The number of nitrogen functional groups attached to an aromatic ring is 1. The largest absolute Gasteiger partial charge is 0.399 e. The van der Waals surface area contributed by atoms with Crippen LogP contribution in [0.15, 0.2) is 115 Å². The van der Waals surface area contributed by atoms with Gasteiger partial charge in [0.15, 0.2) is 0 Å². The van der Waals surface area contributed by atoms with Crippen molar-refractivity contribution < 1.29 is 0 Å². The van der Waals surface area contributed by atoms with Crippen LogP contribution in [0.4, 0.5) is 5.69 Å². The lowest BCUT2D eigenvalue weighted by atomic mass is 9.66. The number of rotatable bonds is 2. The third-order valence-corrected chi connectivity index (χ3v) is 6.98. The average molecular weight is 400 g/mol. The first-order valence-electron chi connectivity index (χ1n) is 11.1. The standard InChI is InChI=1S/C30H25N/c31-24-14-10-21(11-15-24)23-13-17-28-29(19-23)26-9-5-4-8-25(26)27-16-12-22(18-30(27)28)20-6-2-1-3-7-20/h1-17,19,22,25-26H,18,31H2. The summed E-state index contributed by atoms with van der Waals surface area (Å²) in [4.78, 5) is 0. The molecule has 0 aromatic heterocycles. The van der Waals surface area contributed by atoms with E-state index in [9.17, 15) is 0 Å². The Bertz CT molecular complexity index is 1260. The van der Waals surface area contributed by atoms with Crippen LogP contribution in [-0.4, -0.2) is 0 Å². The van der Waals surface area contributed by atoms with E-state index < -0.39 is 0 Å². The van der Waals surface area contributed by atoms with Crippen molar-refractivity contribution in [3.8, 4) is 11.1 Å². The summed E-state index contributed by atoms with van der Waals surface area (Å²) in [7, 11) is 0. The van der Waals surface area contributed by atoms with E-state index in [2.05, 4.69) is 97.1 Å². The Morgan fingerprint density at radius 3 is 2.26 bits per heavy atom. The molecule has 3 aromatic carbocycles. The molecule has 0 amide bonds. The Balaban J connectivity index is 1.46. The van der Waals surface area contributed by atoms with Gasteiger partial charge in [-0.2, -0.15) is 0 Å². The van der Waals surface area contributed by atoms with E-state index in [1.165, 1.54) is 39.0 Å². The summed E-state index contributed by atoms with van der Waals surface area (Å²) in [6.45, 7) is 0. The first-order chi connectivity index (χ1) is 15.3. The zero-order valence-electron chi connectivity index (χ0n) is 17.4. The molecule has 3 aromatic rings. The second-order valence-electron chi connectivity index (χ2n) is 8.76. The highest BCUT2D eigenvalue weighted by Gasteiger charge is 2.35. The van der Waals surface area contributed by atoms with Crippen LogP contribution in [0.5, 0.6) is 0 Å². The van der Waals surface area contributed by atoms with Gasteiger partial charge in [0.05, 0.1) is 0 Å². The molecule has 0 saturated heterocycles. The summed E-state index contributed by atoms with van der Waals surface area (Å²) < 4.78 is 0. The van der Waals surface area contributed by atoms with Gasteiger partial charge in [0.1, 0.15) is 0 Å². The minimum Gasteiger partial charge on any atom is -0.399 e. The summed E-state index contributed by atoms with van der Waals surface area (Å²) in [5, 5.41) is 0. The predicted octanol–water partition coefficient (Wildman–Crippen LogP) is 7.27. The van der Waals surface area contributed by atoms with Gasteiger partial charge < -0.3 is 5.73 Å². The molecule has 3 unspecified atom stereocenters. The minimum absolute atomic E-state index is 0.394. The Kier molecular flexibility index (Phi) is 4.28. The fraction of sp³-hybridized carbons (Fsp3) is 0.133. The molecule has 150 valence electrons. The highest BCUT2D eigenvalue weighted by Crippen LogP contribution is 2.51. The molecular weight excluding hydrogens is 374 g/mol. The SMILES string of the molecule is Nc1ccc(-c2ccc3c(c2)C2C=CC=CC2C2=C3CC(c3ccccc3)C=C2)cc1. The lowest BCUT2D eigenvalue weighted by Gasteiger charge is -2.38. The molecule has 1 nitrogen and oxygen atoms in total. The molecule has 1 heteroatoms. The molecule has 0 spiro atoms. The number of hydrogen-bond donors (Lipinski definition) is 1. The van der Waals surface area contributed by atoms with Gasteiger partial charge in [-0.3, -0.25) is 0 Å². The first-order valence-corrected chi connectivity index (χ1v) is 11.1. The van der Waals surface area contributed by atoms with Crippen molar-refractivity contribution in [1.82, 2.24) is 0 Å². The summed E-state index contributed by atoms with van der Waals surface area (Å²) in [6, 6.07) is 26.1. The van der Waals surface area contributed by atoms with E-state index >= 15 is 0 Å². The highest BCUT2D eigenvalue weighted by atomic mass is 14.5. The highest BCUT2D eigenvalue weighted by molar-refractivity contribution is 5.82. The molecule has 6 rings (SSSR count). The van der Waals surface area contributed by atoms with Crippen LogP contribution in [0.3, 0.4) is 0 Å². The third-order valence-electron chi connectivity index (χ3n) is 6.98. The zero-order chi connectivity index (χ0) is 20.8. The predicted molar refractivity (Wildman–Crippen MR) is 131 cm³/mol. The van der Waals surface area contributed by atoms with Crippen LogP contribution in [0.1, 0.15) is 34.9 Å². The maximum atomic E-state index is 5.91. The van der Waals surface area contributed by atoms with Crippen LogP contribution in [0, 0.1) is 5.92 Å². The van der Waals surface area contributed by atoms with Gasteiger partial charge in [0.25, 0.3) is 0 Å². The van der Waals surface area contributed by atoms with E-state index in [1.54, 1.807) is 0 Å². The quantitative estimate of drug-likeness (QED) is 0.450. The Hall–Kier alpha value is -3.58. The number of benzene rings is 3. The van der Waals surface area contributed by atoms with Crippen molar-refractivity contribution in [2.75, 3.05) is 5.73 Å². The Morgan fingerprint density at radius 2 is 1.45 bits per heavy atom. The zero-order valence-corrected chi connectivity index (χ0v) is 17.4. The maximum Gasteiger partial charge on any atom is 0.0314 e. The molecule has 3 aliphatic rings. The van der Waals surface area contributed by atoms with Gasteiger partial charge in [0.2, 0.25) is 0 Å². The first kappa shape index (κ1) is 18.2. The van der Waals surface area contributed by atoms with Crippen molar-refractivity contribution in [1.29, 1.82) is 0 Å². The number of anilines is 1. The second kappa shape index (κ2) is 7.28. The van der Waals surface area contributed by atoms with Crippen LogP contribution in [0.2, 0.25) is 0 Å². The van der Waals surface area contributed by atoms with Crippen LogP contribution in [0.25, 0.3) is 16.7 Å². The molecule has 0 aliphatic heterocycles. The number of fused-ring (bicyclic) bond motifs is 5. The van der Waals surface area contributed by atoms with Crippen molar-refractivity contribution in [3.63, 3.8) is 0 Å². The van der Waals surface area contributed by atoms with Crippen LogP contribution < -0.4 is 5.73 Å². The topological polar surface area (TPSA) is 26.0 Å². The molecule has 0 bridgehead atoms. The third kappa shape index (κ3) is 3.09. The summed E-state index contributed by atoms with van der Waals surface area (Å²) in [5.74, 6) is 1.25. The molecule has 0 saturated carbocycles. The summed E-state index contributed by atoms with van der Waals surface area (Å²) in [6.07, 6.45) is 15.0. The van der Waals surface area contributed by atoms with Gasteiger partial charge in [-0.05, 0) is 63.6 Å². The minimum atomic E-state index is 0.394. The molecule has 3 aliphatic carbocycles. The van der Waals surface area contributed by atoms with Gasteiger partial charge in [0, 0.05) is 23.4 Å². The smallest absolute Gasteiger partial charge is 0.0314 e. The van der Waals surface area contributed by atoms with Gasteiger partial charge in [-0.1, -0.05) is 91.1 Å². The molecule has 0 heterocycles.